The van der Waals surface area contributed by atoms with Gasteiger partial charge in [-0.2, -0.15) is 0 Å². The van der Waals surface area contributed by atoms with Gasteiger partial charge in [-0.05, 0) is 19.1 Å². The van der Waals surface area contributed by atoms with Crippen LogP contribution in [0.3, 0.4) is 0 Å². The van der Waals surface area contributed by atoms with Crippen LogP contribution >= 0.6 is 12.2 Å². The smallest absolute Gasteiger partial charge is 0.169 e. The minimum atomic E-state index is -0.0269. The highest BCUT2D eigenvalue weighted by Crippen LogP contribution is 2.24. The molecule has 0 heterocycles. The molecule has 0 aliphatic heterocycles. The van der Waals surface area contributed by atoms with Gasteiger partial charge in [-0.15, -0.1) is 0 Å². The van der Waals surface area contributed by atoms with Gasteiger partial charge < -0.3 is 10.4 Å². The first-order valence-electron chi connectivity index (χ1n) is 6.24. The molecule has 0 atom stereocenters. The third-order valence-electron chi connectivity index (χ3n) is 3.00. The Balaban J connectivity index is 2.03. The van der Waals surface area contributed by atoms with Gasteiger partial charge in [-0.1, -0.05) is 48.6 Å². The third-order valence-corrected chi connectivity index (χ3v) is 3.24. The van der Waals surface area contributed by atoms with E-state index >= 15 is 0 Å². The predicted octanol–water partition coefficient (Wildman–Crippen LogP) is 3.71. The summed E-state index contributed by atoms with van der Waals surface area (Å²) < 4.78 is 0. The van der Waals surface area contributed by atoms with Crippen molar-refractivity contribution in [3.63, 3.8) is 0 Å². The topological polar surface area (TPSA) is 49.3 Å². The minimum Gasteiger partial charge on any atom is -0.508 e. The van der Waals surface area contributed by atoms with Crippen LogP contribution < -0.4 is 5.32 Å². The Morgan fingerprint density at radius 3 is 2.55 bits per heavy atom. The number of nitrogens with one attached hydrogen (secondary N) is 1. The van der Waals surface area contributed by atoms with E-state index in [-0.39, 0.29) is 18.0 Å². The number of phenolic OH excluding ortho intramolecular Hbond substituents is 1. The molecular weight excluding hydrogens is 270 g/mol. The van der Waals surface area contributed by atoms with E-state index in [9.17, 15) is 9.90 Å². The molecule has 0 fully saturated rings. The molecule has 0 radical (unpaired) electrons. The lowest BCUT2D eigenvalue weighted by Gasteiger charge is -2.11. The van der Waals surface area contributed by atoms with Gasteiger partial charge in [0, 0.05) is 16.8 Å². The van der Waals surface area contributed by atoms with Gasteiger partial charge in [0.05, 0.1) is 11.4 Å². The van der Waals surface area contributed by atoms with Crippen LogP contribution in [0.5, 0.6) is 5.75 Å². The zero-order valence-electron chi connectivity index (χ0n) is 11.1. The number of phenols is 1. The Morgan fingerprint density at radius 1 is 1.15 bits per heavy atom. The van der Waals surface area contributed by atoms with Crippen LogP contribution in [0.2, 0.25) is 0 Å². The van der Waals surface area contributed by atoms with E-state index in [1.54, 1.807) is 31.2 Å². The number of anilines is 1. The summed E-state index contributed by atoms with van der Waals surface area (Å²) in [5, 5.41) is 12.6. The maximum atomic E-state index is 12.0. The van der Waals surface area contributed by atoms with Crippen molar-refractivity contribution in [2.24, 2.45) is 0 Å². The summed E-state index contributed by atoms with van der Waals surface area (Å²) >= 11 is 5.20. The highest BCUT2D eigenvalue weighted by atomic mass is 32.1. The second-order valence-electron chi connectivity index (χ2n) is 4.46. The van der Waals surface area contributed by atoms with Gasteiger partial charge in [-0.3, -0.25) is 4.79 Å². The summed E-state index contributed by atoms with van der Waals surface area (Å²) in [5.74, 6) is 0.174. The Hall–Kier alpha value is -2.20. The number of thiocarbonyl (C=S) groups is 1. The van der Waals surface area contributed by atoms with E-state index in [0.29, 0.717) is 16.1 Å². The van der Waals surface area contributed by atoms with Crippen molar-refractivity contribution in [2.75, 3.05) is 5.32 Å². The van der Waals surface area contributed by atoms with Crippen molar-refractivity contribution in [1.82, 2.24) is 0 Å². The number of hydrogen-bond acceptors (Lipinski definition) is 3. The van der Waals surface area contributed by atoms with Gasteiger partial charge in [0.15, 0.2) is 5.78 Å². The minimum absolute atomic E-state index is 0.0269. The molecule has 2 N–H and O–H groups in total. The summed E-state index contributed by atoms with van der Waals surface area (Å²) in [4.78, 5) is 12.5. The molecule has 102 valence electrons. The molecule has 4 heteroatoms. The zero-order valence-corrected chi connectivity index (χ0v) is 11.9. The summed E-state index contributed by atoms with van der Waals surface area (Å²) in [6.07, 6.45) is 0.147. The fourth-order valence-electron chi connectivity index (χ4n) is 1.83. The normalized spacial score (nSPS) is 10.1. The Labute approximate surface area is 123 Å². The summed E-state index contributed by atoms with van der Waals surface area (Å²) in [5.41, 5.74) is 2.07. The number of carbonyl (C=O) groups is 1. The highest BCUT2D eigenvalue weighted by molar-refractivity contribution is 7.80. The number of rotatable bonds is 4. The quantitative estimate of drug-likeness (QED) is 0.664. The number of ketones is 1. The van der Waals surface area contributed by atoms with E-state index < -0.39 is 0 Å². The number of hydrogen-bond donors (Lipinski definition) is 2. The van der Waals surface area contributed by atoms with E-state index in [2.05, 4.69) is 5.32 Å². The fourth-order valence-corrected chi connectivity index (χ4v) is 2.07. The lowest BCUT2D eigenvalue weighted by atomic mass is 10.1. The van der Waals surface area contributed by atoms with Gasteiger partial charge in [0.25, 0.3) is 0 Å². The van der Waals surface area contributed by atoms with Gasteiger partial charge in [-0.25, -0.2) is 0 Å². The van der Waals surface area contributed by atoms with Crippen molar-refractivity contribution in [1.29, 1.82) is 0 Å². The van der Waals surface area contributed by atoms with Crippen molar-refractivity contribution >= 4 is 28.7 Å². The van der Waals surface area contributed by atoms with Crippen LogP contribution in [-0.2, 0) is 0 Å². The molecule has 0 aliphatic rings. The lowest BCUT2D eigenvalue weighted by molar-refractivity contribution is 0.100. The first kappa shape index (κ1) is 14.2. The predicted molar refractivity (Wildman–Crippen MR) is 84.5 cm³/mol. The molecule has 2 rings (SSSR count). The molecule has 20 heavy (non-hydrogen) atoms. The average molecular weight is 285 g/mol. The summed E-state index contributed by atoms with van der Waals surface area (Å²) in [6.45, 7) is 1.79. The van der Waals surface area contributed by atoms with E-state index in [1.807, 2.05) is 24.3 Å². The SMILES string of the molecule is Cc1c(O)cccc1NC(=S)CC(=O)c1ccccc1. The van der Waals surface area contributed by atoms with E-state index in [4.69, 9.17) is 12.2 Å². The van der Waals surface area contributed by atoms with Crippen LogP contribution in [-0.4, -0.2) is 15.9 Å². The van der Waals surface area contributed by atoms with E-state index in [0.717, 1.165) is 5.69 Å². The molecule has 0 amide bonds. The van der Waals surface area contributed by atoms with Gasteiger partial charge in [0.1, 0.15) is 5.75 Å². The highest BCUT2D eigenvalue weighted by Gasteiger charge is 2.10. The van der Waals surface area contributed by atoms with E-state index in [1.165, 1.54) is 0 Å². The maximum Gasteiger partial charge on any atom is 0.169 e. The summed E-state index contributed by atoms with van der Waals surface area (Å²) in [6, 6.07) is 14.2. The molecule has 0 spiro atoms. The van der Waals surface area contributed by atoms with Crippen LogP contribution in [0.15, 0.2) is 48.5 Å². The Bertz CT molecular complexity index is 638. The number of Topliss-reactive ketones (excluding diaryl/α,β-unsaturated/α-hetero) is 1. The third kappa shape index (κ3) is 3.42. The molecule has 0 aromatic heterocycles. The fraction of sp³-hybridized carbons (Fsp3) is 0.125. The lowest BCUT2D eigenvalue weighted by Crippen LogP contribution is -2.15. The van der Waals surface area contributed by atoms with Crippen molar-refractivity contribution in [3.8, 4) is 5.75 Å². The standard InChI is InChI=1S/C16H15NO2S/c1-11-13(8-5-9-14(11)18)17-16(20)10-15(19)12-6-3-2-4-7-12/h2-9,18H,10H2,1H3,(H,17,20). The van der Waals surface area contributed by atoms with Gasteiger partial charge in [0.2, 0.25) is 0 Å². The molecule has 2 aromatic carbocycles. The molecule has 0 saturated heterocycles. The second kappa shape index (κ2) is 6.30. The molecule has 0 bridgehead atoms. The summed E-state index contributed by atoms with van der Waals surface area (Å²) in [7, 11) is 0. The van der Waals surface area contributed by atoms with Crippen molar-refractivity contribution in [3.05, 3.63) is 59.7 Å². The molecule has 2 aromatic rings. The Morgan fingerprint density at radius 2 is 1.85 bits per heavy atom. The number of carbonyl (C=O) groups excluding carboxylic acids is 1. The molecule has 0 saturated carbocycles. The molecule has 0 aliphatic carbocycles. The maximum absolute atomic E-state index is 12.0. The molecule has 0 unspecified atom stereocenters. The van der Waals surface area contributed by atoms with Crippen molar-refractivity contribution < 1.29 is 9.90 Å². The first-order chi connectivity index (χ1) is 9.58. The van der Waals surface area contributed by atoms with Crippen molar-refractivity contribution in [2.45, 2.75) is 13.3 Å². The molecule has 3 nitrogen and oxygen atoms in total. The second-order valence-corrected chi connectivity index (χ2v) is 4.96. The van der Waals surface area contributed by atoms with Gasteiger partial charge >= 0.3 is 0 Å². The van der Waals surface area contributed by atoms with Crippen LogP contribution in [0, 0.1) is 6.92 Å². The van der Waals surface area contributed by atoms with Crippen LogP contribution in [0.25, 0.3) is 0 Å². The average Bonchev–Trinajstić information content (AvgIpc) is 2.45. The van der Waals surface area contributed by atoms with Crippen LogP contribution in [0.1, 0.15) is 22.3 Å². The molecular formula is C16H15NO2S. The Kier molecular flexibility index (Phi) is 4.48. The first-order valence-corrected chi connectivity index (χ1v) is 6.65. The number of benzene rings is 2. The van der Waals surface area contributed by atoms with Crippen LogP contribution in [0.4, 0.5) is 5.69 Å². The monoisotopic (exact) mass is 285 g/mol. The number of aromatic hydroxyl groups is 1. The largest absolute Gasteiger partial charge is 0.508 e. The zero-order chi connectivity index (χ0) is 14.5.